The van der Waals surface area contributed by atoms with E-state index in [2.05, 4.69) is 0 Å². The highest BCUT2D eigenvalue weighted by Gasteiger charge is 2.38. The average Bonchev–Trinajstić information content (AvgIpc) is 2.53. The molecule has 136 valence electrons. The fraction of sp³-hybridized carbons (Fsp3) is 0.526. The quantitative estimate of drug-likeness (QED) is 0.780. The first-order valence-electron chi connectivity index (χ1n) is 8.45. The Morgan fingerprint density at radius 2 is 1.92 bits per heavy atom. The number of amides is 2. The van der Waals surface area contributed by atoms with E-state index in [0.717, 1.165) is 10.5 Å². The highest BCUT2D eigenvalue weighted by Crippen LogP contribution is 2.30. The van der Waals surface area contributed by atoms with Crippen LogP contribution in [0.1, 0.15) is 52.1 Å². The van der Waals surface area contributed by atoms with E-state index in [9.17, 15) is 14.4 Å². The molecule has 1 aromatic carbocycles. The molecule has 1 saturated heterocycles. The highest BCUT2D eigenvalue weighted by atomic mass is 16.6. The van der Waals surface area contributed by atoms with Crippen LogP contribution >= 0.6 is 0 Å². The largest absolute Gasteiger partial charge is 0.460 e. The van der Waals surface area contributed by atoms with Crippen LogP contribution in [0.2, 0.25) is 0 Å². The second-order valence-corrected chi connectivity index (χ2v) is 7.23. The van der Waals surface area contributed by atoms with Crippen LogP contribution < -0.4 is 0 Å². The number of esters is 1. The minimum Gasteiger partial charge on any atom is -0.460 e. The summed E-state index contributed by atoms with van der Waals surface area (Å²) in [4.78, 5) is 38.1. The van der Waals surface area contributed by atoms with E-state index in [-0.39, 0.29) is 19.1 Å². The number of hydrogen-bond acceptors (Lipinski definition) is 5. The van der Waals surface area contributed by atoms with Gasteiger partial charge in [-0.05, 0) is 26.3 Å². The molecule has 2 rings (SSSR count). The second-order valence-electron chi connectivity index (χ2n) is 7.23. The first-order valence-corrected chi connectivity index (χ1v) is 8.45. The Labute approximate surface area is 148 Å². The highest BCUT2D eigenvalue weighted by molar-refractivity contribution is 5.95. The Bertz CT molecular complexity index is 635. The summed E-state index contributed by atoms with van der Waals surface area (Å²) in [7, 11) is 0. The third-order valence-corrected chi connectivity index (χ3v) is 3.86. The monoisotopic (exact) mass is 347 g/mol. The van der Waals surface area contributed by atoms with E-state index in [4.69, 9.17) is 9.47 Å². The Kier molecular flexibility index (Phi) is 5.82. The van der Waals surface area contributed by atoms with E-state index in [0.29, 0.717) is 6.42 Å². The fourth-order valence-electron chi connectivity index (χ4n) is 2.78. The summed E-state index contributed by atoms with van der Waals surface area (Å²) in [6.45, 7) is 7.19. The lowest BCUT2D eigenvalue weighted by atomic mass is 9.98. The molecule has 6 nitrogen and oxygen atoms in total. The van der Waals surface area contributed by atoms with Gasteiger partial charge >= 0.3 is 12.1 Å². The van der Waals surface area contributed by atoms with Crippen molar-refractivity contribution in [2.24, 2.45) is 5.92 Å². The summed E-state index contributed by atoms with van der Waals surface area (Å²) in [5, 5.41) is 0. The van der Waals surface area contributed by atoms with Gasteiger partial charge in [-0.2, -0.15) is 0 Å². The van der Waals surface area contributed by atoms with Gasteiger partial charge in [0, 0.05) is 12.3 Å². The number of benzene rings is 1. The molecular weight excluding hydrogens is 322 g/mol. The molecule has 1 aliphatic heterocycles. The molecular formula is C19H25NO5. The molecule has 0 aromatic heterocycles. The Hall–Kier alpha value is -2.37. The van der Waals surface area contributed by atoms with Crippen LogP contribution in [0.25, 0.3) is 0 Å². The van der Waals surface area contributed by atoms with Crippen LogP contribution in [0, 0.1) is 5.92 Å². The fourth-order valence-corrected chi connectivity index (χ4v) is 2.78. The smallest absolute Gasteiger partial charge is 0.417 e. The number of ether oxygens (including phenoxy) is 2. The number of hydrogen-bond donors (Lipinski definition) is 0. The van der Waals surface area contributed by atoms with E-state index in [1.165, 1.54) is 0 Å². The van der Waals surface area contributed by atoms with Crippen LogP contribution in [-0.4, -0.2) is 35.1 Å². The molecule has 0 bridgehead atoms. The summed E-state index contributed by atoms with van der Waals surface area (Å²) in [6.07, 6.45) is -0.219. The maximum atomic E-state index is 12.8. The van der Waals surface area contributed by atoms with Crippen LogP contribution in [0.4, 0.5) is 4.79 Å². The number of carbonyl (C=O) groups is 3. The zero-order valence-corrected chi connectivity index (χ0v) is 15.2. The van der Waals surface area contributed by atoms with Gasteiger partial charge in [-0.25, -0.2) is 9.69 Å². The van der Waals surface area contributed by atoms with Crippen molar-refractivity contribution in [2.45, 2.75) is 52.2 Å². The minimum absolute atomic E-state index is 0.0820. The molecule has 0 aliphatic carbocycles. The maximum absolute atomic E-state index is 12.8. The standard InChI is InChI=1S/C19H25NO5/c1-13(12-16(21)25-19(2,3)4)17(22)20-15(10-11-24-18(20)23)14-8-6-5-7-9-14/h5-9,13,15H,10-12H2,1-4H3/t13-,15-/m1/s1. The number of rotatable bonds is 4. The molecule has 0 spiro atoms. The van der Waals surface area contributed by atoms with Gasteiger partial charge in [-0.3, -0.25) is 9.59 Å². The SMILES string of the molecule is C[C@H](CC(=O)OC(C)(C)C)C(=O)N1C(=O)OCC[C@@H]1c1ccccc1. The molecule has 2 amide bonds. The van der Waals surface area contributed by atoms with Crippen molar-refractivity contribution in [3.63, 3.8) is 0 Å². The van der Waals surface area contributed by atoms with Gasteiger partial charge in [0.2, 0.25) is 5.91 Å². The summed E-state index contributed by atoms with van der Waals surface area (Å²) >= 11 is 0. The van der Waals surface area contributed by atoms with Crippen molar-refractivity contribution in [3.05, 3.63) is 35.9 Å². The topological polar surface area (TPSA) is 72.9 Å². The molecule has 6 heteroatoms. The predicted molar refractivity (Wildman–Crippen MR) is 91.6 cm³/mol. The summed E-state index contributed by atoms with van der Waals surface area (Å²) in [5.41, 5.74) is 0.258. The number of cyclic esters (lactones) is 1. The molecule has 0 unspecified atom stereocenters. The molecule has 25 heavy (non-hydrogen) atoms. The third-order valence-electron chi connectivity index (χ3n) is 3.86. The van der Waals surface area contributed by atoms with E-state index in [1.54, 1.807) is 27.7 Å². The van der Waals surface area contributed by atoms with Crippen molar-refractivity contribution in [3.8, 4) is 0 Å². The first kappa shape index (κ1) is 19.0. The summed E-state index contributed by atoms with van der Waals surface area (Å²) in [6, 6.07) is 8.98. The maximum Gasteiger partial charge on any atom is 0.417 e. The van der Waals surface area contributed by atoms with Gasteiger partial charge in [0.05, 0.1) is 19.1 Å². The zero-order chi connectivity index (χ0) is 18.6. The molecule has 1 aliphatic rings. The third kappa shape index (κ3) is 5.05. The molecule has 1 fully saturated rings. The van der Waals surface area contributed by atoms with Gasteiger partial charge in [-0.1, -0.05) is 37.3 Å². The molecule has 1 aromatic rings. The van der Waals surface area contributed by atoms with Gasteiger partial charge in [0.15, 0.2) is 0 Å². The van der Waals surface area contributed by atoms with Gasteiger partial charge in [-0.15, -0.1) is 0 Å². The van der Waals surface area contributed by atoms with Gasteiger partial charge in [0.1, 0.15) is 5.60 Å². The van der Waals surface area contributed by atoms with Crippen molar-refractivity contribution in [1.82, 2.24) is 4.90 Å². The van der Waals surface area contributed by atoms with Crippen LogP contribution in [0.5, 0.6) is 0 Å². The van der Waals surface area contributed by atoms with Crippen molar-refractivity contribution < 1.29 is 23.9 Å². The van der Waals surface area contributed by atoms with Crippen LogP contribution in [0.15, 0.2) is 30.3 Å². The second kappa shape index (κ2) is 7.68. The minimum atomic E-state index is -0.674. The Morgan fingerprint density at radius 3 is 2.52 bits per heavy atom. The zero-order valence-electron chi connectivity index (χ0n) is 15.2. The van der Waals surface area contributed by atoms with Crippen molar-refractivity contribution >= 4 is 18.0 Å². The van der Waals surface area contributed by atoms with Gasteiger partial charge in [0.25, 0.3) is 0 Å². The normalized spacial score (nSPS) is 19.1. The summed E-state index contributed by atoms with van der Waals surface area (Å²) in [5.74, 6) is -1.56. The van der Waals surface area contributed by atoms with E-state index >= 15 is 0 Å². The van der Waals surface area contributed by atoms with Crippen molar-refractivity contribution in [1.29, 1.82) is 0 Å². The lowest BCUT2D eigenvalue weighted by Crippen LogP contribution is -2.47. The predicted octanol–water partition coefficient (Wildman–Crippen LogP) is 3.46. The lowest BCUT2D eigenvalue weighted by Gasteiger charge is -2.35. The molecule has 0 radical (unpaired) electrons. The molecule has 0 N–H and O–H groups in total. The van der Waals surface area contributed by atoms with Crippen LogP contribution in [-0.2, 0) is 19.1 Å². The molecule has 2 atom stereocenters. The molecule has 1 heterocycles. The Balaban J connectivity index is 2.13. The van der Waals surface area contributed by atoms with Gasteiger partial charge < -0.3 is 9.47 Å². The number of nitrogens with zero attached hydrogens (tertiary/aromatic N) is 1. The summed E-state index contributed by atoms with van der Waals surface area (Å²) < 4.78 is 10.3. The first-order chi connectivity index (χ1) is 11.7. The van der Waals surface area contributed by atoms with Crippen LogP contribution in [0.3, 0.4) is 0 Å². The lowest BCUT2D eigenvalue weighted by molar-refractivity contribution is -0.158. The average molecular weight is 347 g/mol. The Morgan fingerprint density at radius 1 is 1.28 bits per heavy atom. The van der Waals surface area contributed by atoms with Crippen molar-refractivity contribution in [2.75, 3.05) is 6.61 Å². The number of imide groups is 1. The molecule has 0 saturated carbocycles. The van der Waals surface area contributed by atoms with E-state index < -0.39 is 29.5 Å². The number of carbonyl (C=O) groups excluding carboxylic acids is 3. The van der Waals surface area contributed by atoms with E-state index in [1.807, 2.05) is 30.3 Å².